The largest absolute Gasteiger partial charge is 0.391 e. The molecule has 0 aliphatic rings. The van der Waals surface area contributed by atoms with Gasteiger partial charge >= 0.3 is 0 Å². The first-order valence-electron chi connectivity index (χ1n) is 5.47. The van der Waals surface area contributed by atoms with Crippen molar-refractivity contribution >= 4 is 5.69 Å². The fourth-order valence-corrected chi connectivity index (χ4v) is 1.35. The van der Waals surface area contributed by atoms with Gasteiger partial charge in [0.2, 0.25) is 0 Å². The van der Waals surface area contributed by atoms with Crippen LogP contribution in [0.25, 0.3) is 0 Å². The van der Waals surface area contributed by atoms with Gasteiger partial charge in [-0.25, -0.2) is 0 Å². The van der Waals surface area contributed by atoms with E-state index >= 15 is 0 Å². The highest BCUT2D eigenvalue weighted by atomic mass is 16.3. The first-order chi connectivity index (χ1) is 7.54. The standard InChI is InChI=1S/C13H18N2O/c1-9(2)13(16)8-15-12-6-10(3)4-5-11(12)7-14/h4-6,9,13,15-16H,8H2,1-3H3. The van der Waals surface area contributed by atoms with Crippen LogP contribution in [-0.4, -0.2) is 17.8 Å². The maximum atomic E-state index is 9.68. The second-order valence-electron chi connectivity index (χ2n) is 4.35. The maximum Gasteiger partial charge on any atom is 0.101 e. The first-order valence-corrected chi connectivity index (χ1v) is 5.47. The molecular weight excluding hydrogens is 200 g/mol. The van der Waals surface area contributed by atoms with E-state index in [-0.39, 0.29) is 5.92 Å². The van der Waals surface area contributed by atoms with E-state index in [4.69, 9.17) is 5.26 Å². The maximum absolute atomic E-state index is 9.68. The fourth-order valence-electron chi connectivity index (χ4n) is 1.35. The summed E-state index contributed by atoms with van der Waals surface area (Å²) in [7, 11) is 0. The van der Waals surface area contributed by atoms with Gasteiger partial charge in [-0.1, -0.05) is 19.9 Å². The van der Waals surface area contributed by atoms with Crippen LogP contribution >= 0.6 is 0 Å². The molecule has 0 saturated carbocycles. The Bertz CT molecular complexity index is 393. The van der Waals surface area contributed by atoms with Crippen molar-refractivity contribution in [2.75, 3.05) is 11.9 Å². The Balaban J connectivity index is 2.73. The van der Waals surface area contributed by atoms with Crippen LogP contribution in [0.1, 0.15) is 25.0 Å². The minimum absolute atomic E-state index is 0.211. The summed E-state index contributed by atoms with van der Waals surface area (Å²) < 4.78 is 0. The predicted molar refractivity (Wildman–Crippen MR) is 65.2 cm³/mol. The zero-order chi connectivity index (χ0) is 12.1. The highest BCUT2D eigenvalue weighted by molar-refractivity contribution is 5.58. The Morgan fingerprint density at radius 3 is 2.69 bits per heavy atom. The van der Waals surface area contributed by atoms with Crippen LogP contribution in [0, 0.1) is 24.2 Å². The highest BCUT2D eigenvalue weighted by Gasteiger charge is 2.09. The van der Waals surface area contributed by atoms with Gasteiger partial charge in [-0.15, -0.1) is 0 Å². The van der Waals surface area contributed by atoms with Crippen molar-refractivity contribution in [2.24, 2.45) is 5.92 Å². The van der Waals surface area contributed by atoms with Crippen LogP contribution in [0.2, 0.25) is 0 Å². The molecule has 0 spiro atoms. The lowest BCUT2D eigenvalue weighted by molar-refractivity contribution is 0.138. The van der Waals surface area contributed by atoms with E-state index in [0.29, 0.717) is 12.1 Å². The van der Waals surface area contributed by atoms with Gasteiger partial charge in [0.05, 0.1) is 17.4 Å². The number of nitriles is 1. The summed E-state index contributed by atoms with van der Waals surface area (Å²) in [5.41, 5.74) is 2.50. The molecule has 0 heterocycles. The molecule has 1 aromatic rings. The third-order valence-corrected chi connectivity index (χ3v) is 2.57. The van der Waals surface area contributed by atoms with Crippen molar-refractivity contribution in [1.29, 1.82) is 5.26 Å². The van der Waals surface area contributed by atoms with E-state index in [1.807, 2.05) is 32.9 Å². The molecule has 2 N–H and O–H groups in total. The van der Waals surface area contributed by atoms with Crippen molar-refractivity contribution in [2.45, 2.75) is 26.9 Å². The van der Waals surface area contributed by atoms with E-state index in [1.54, 1.807) is 6.07 Å². The quantitative estimate of drug-likeness (QED) is 0.815. The predicted octanol–water partition coefficient (Wildman–Crippen LogP) is 2.30. The molecule has 1 rings (SSSR count). The number of aryl methyl sites for hydroxylation is 1. The summed E-state index contributed by atoms with van der Waals surface area (Å²) >= 11 is 0. The third-order valence-electron chi connectivity index (χ3n) is 2.57. The van der Waals surface area contributed by atoms with E-state index in [9.17, 15) is 5.11 Å². The highest BCUT2D eigenvalue weighted by Crippen LogP contribution is 2.17. The van der Waals surface area contributed by atoms with Gasteiger partial charge in [0, 0.05) is 6.54 Å². The SMILES string of the molecule is Cc1ccc(C#N)c(NCC(O)C(C)C)c1. The average Bonchev–Trinajstić information content (AvgIpc) is 2.25. The Hall–Kier alpha value is -1.53. The molecule has 3 heteroatoms. The van der Waals surface area contributed by atoms with Gasteiger partial charge < -0.3 is 10.4 Å². The lowest BCUT2D eigenvalue weighted by atomic mass is 10.1. The van der Waals surface area contributed by atoms with Gasteiger partial charge in [-0.05, 0) is 30.5 Å². The molecule has 86 valence electrons. The number of hydrogen-bond donors (Lipinski definition) is 2. The van der Waals surface area contributed by atoms with Crippen LogP contribution in [0.3, 0.4) is 0 Å². The molecule has 0 saturated heterocycles. The first kappa shape index (κ1) is 12.5. The fraction of sp³-hybridized carbons (Fsp3) is 0.462. The summed E-state index contributed by atoms with van der Waals surface area (Å²) in [6, 6.07) is 7.75. The normalized spacial score (nSPS) is 12.2. The third kappa shape index (κ3) is 3.25. The molecule has 1 unspecified atom stereocenters. The Morgan fingerprint density at radius 2 is 2.12 bits per heavy atom. The van der Waals surface area contributed by atoms with Gasteiger partial charge in [-0.3, -0.25) is 0 Å². The van der Waals surface area contributed by atoms with Crippen molar-refractivity contribution in [3.63, 3.8) is 0 Å². The van der Waals surface area contributed by atoms with Crippen molar-refractivity contribution in [1.82, 2.24) is 0 Å². The lowest BCUT2D eigenvalue weighted by Gasteiger charge is -2.16. The minimum Gasteiger partial charge on any atom is -0.391 e. The number of nitrogens with one attached hydrogen (secondary N) is 1. The summed E-state index contributed by atoms with van der Waals surface area (Å²) in [5.74, 6) is 0.211. The van der Waals surface area contributed by atoms with E-state index < -0.39 is 6.10 Å². The monoisotopic (exact) mass is 218 g/mol. The van der Waals surface area contributed by atoms with Crippen molar-refractivity contribution in [3.8, 4) is 6.07 Å². The lowest BCUT2D eigenvalue weighted by Crippen LogP contribution is -2.25. The number of nitrogens with zero attached hydrogens (tertiary/aromatic N) is 1. The van der Waals surface area contributed by atoms with E-state index in [0.717, 1.165) is 11.3 Å². The van der Waals surface area contributed by atoms with Crippen LogP contribution < -0.4 is 5.32 Å². The number of hydrogen-bond acceptors (Lipinski definition) is 3. The van der Waals surface area contributed by atoms with Gasteiger partial charge in [0.25, 0.3) is 0 Å². The topological polar surface area (TPSA) is 56.0 Å². The Kier molecular flexibility index (Phi) is 4.33. The van der Waals surface area contributed by atoms with E-state index in [1.165, 1.54) is 0 Å². The van der Waals surface area contributed by atoms with Crippen LogP contribution in [0.5, 0.6) is 0 Å². The number of rotatable bonds is 4. The zero-order valence-corrected chi connectivity index (χ0v) is 9.99. The molecule has 1 atom stereocenters. The van der Waals surface area contributed by atoms with Gasteiger partial charge in [-0.2, -0.15) is 5.26 Å². The summed E-state index contributed by atoms with van der Waals surface area (Å²) in [4.78, 5) is 0. The molecule has 0 aromatic heterocycles. The Morgan fingerprint density at radius 1 is 1.44 bits per heavy atom. The minimum atomic E-state index is -0.396. The molecule has 0 fully saturated rings. The van der Waals surface area contributed by atoms with Crippen molar-refractivity contribution in [3.05, 3.63) is 29.3 Å². The molecule has 0 radical (unpaired) electrons. The number of aliphatic hydroxyl groups excluding tert-OH is 1. The Labute approximate surface area is 96.7 Å². The molecule has 16 heavy (non-hydrogen) atoms. The van der Waals surface area contributed by atoms with Crippen LogP contribution in [-0.2, 0) is 0 Å². The smallest absolute Gasteiger partial charge is 0.101 e. The second kappa shape index (κ2) is 5.53. The van der Waals surface area contributed by atoms with Crippen LogP contribution in [0.4, 0.5) is 5.69 Å². The molecular formula is C13H18N2O. The van der Waals surface area contributed by atoms with E-state index in [2.05, 4.69) is 11.4 Å². The molecule has 0 aliphatic heterocycles. The van der Waals surface area contributed by atoms with Gasteiger partial charge in [0.1, 0.15) is 6.07 Å². The summed E-state index contributed by atoms with van der Waals surface area (Å²) in [5, 5.41) is 21.7. The van der Waals surface area contributed by atoms with Gasteiger partial charge in [0.15, 0.2) is 0 Å². The summed E-state index contributed by atoms with van der Waals surface area (Å²) in [6.45, 7) is 6.38. The molecule has 1 aromatic carbocycles. The van der Waals surface area contributed by atoms with Crippen molar-refractivity contribution < 1.29 is 5.11 Å². The molecule has 0 amide bonds. The summed E-state index contributed by atoms with van der Waals surface area (Å²) in [6.07, 6.45) is -0.396. The van der Waals surface area contributed by atoms with Crippen LogP contribution in [0.15, 0.2) is 18.2 Å². The zero-order valence-electron chi connectivity index (χ0n) is 9.99. The number of aliphatic hydroxyl groups is 1. The molecule has 0 bridgehead atoms. The molecule has 3 nitrogen and oxygen atoms in total. The molecule has 0 aliphatic carbocycles. The second-order valence-corrected chi connectivity index (χ2v) is 4.35. The average molecular weight is 218 g/mol. The number of benzene rings is 1. The number of anilines is 1.